The van der Waals surface area contributed by atoms with E-state index in [4.69, 9.17) is 10.00 Å². The molecule has 108 valence electrons. The zero-order chi connectivity index (χ0) is 14.8. The molecule has 0 aromatic carbocycles. The molecule has 0 spiro atoms. The second-order valence-electron chi connectivity index (χ2n) is 5.04. The minimum absolute atomic E-state index is 0.0262. The van der Waals surface area contributed by atoms with Crippen LogP contribution in [0.2, 0.25) is 0 Å². The average Bonchev–Trinajstić information content (AvgIpc) is 3.15. The predicted molar refractivity (Wildman–Crippen MR) is 75.6 cm³/mol. The first kappa shape index (κ1) is 13.5. The zero-order valence-electron chi connectivity index (χ0n) is 11.9. The van der Waals surface area contributed by atoms with Gasteiger partial charge in [-0.2, -0.15) is 5.26 Å². The first-order chi connectivity index (χ1) is 10.2. The van der Waals surface area contributed by atoms with Crippen LogP contribution in [0, 0.1) is 18.3 Å². The lowest BCUT2D eigenvalue weighted by molar-refractivity contribution is 0.118. The Bertz CT molecular complexity index is 663. The molecule has 1 unspecified atom stereocenters. The van der Waals surface area contributed by atoms with Crippen LogP contribution in [0.4, 0.5) is 5.95 Å². The Labute approximate surface area is 122 Å². The van der Waals surface area contributed by atoms with Crippen LogP contribution in [-0.2, 0) is 4.74 Å². The summed E-state index contributed by atoms with van der Waals surface area (Å²) in [5.41, 5.74) is 1.15. The molecule has 0 amide bonds. The molecule has 3 heterocycles. The van der Waals surface area contributed by atoms with E-state index in [2.05, 4.69) is 26.0 Å². The number of imidazole rings is 1. The van der Waals surface area contributed by atoms with Gasteiger partial charge in [0.05, 0.1) is 12.1 Å². The summed E-state index contributed by atoms with van der Waals surface area (Å²) in [5, 5.41) is 9.08. The maximum atomic E-state index is 9.08. The van der Waals surface area contributed by atoms with Gasteiger partial charge in [-0.05, 0) is 13.0 Å². The van der Waals surface area contributed by atoms with Gasteiger partial charge in [-0.25, -0.2) is 15.0 Å². The molecule has 1 aliphatic heterocycles. The van der Waals surface area contributed by atoms with Gasteiger partial charge >= 0.3 is 0 Å². The fourth-order valence-electron chi connectivity index (χ4n) is 2.65. The van der Waals surface area contributed by atoms with Crippen LogP contribution in [0.1, 0.15) is 29.7 Å². The molecule has 2 aromatic heterocycles. The van der Waals surface area contributed by atoms with E-state index in [1.807, 2.05) is 11.8 Å². The van der Waals surface area contributed by atoms with Crippen molar-refractivity contribution in [1.29, 1.82) is 5.26 Å². The van der Waals surface area contributed by atoms with Gasteiger partial charge < -0.3 is 14.6 Å². The highest BCUT2D eigenvalue weighted by atomic mass is 16.5. The smallest absolute Gasteiger partial charge is 0.227 e. The van der Waals surface area contributed by atoms with Crippen molar-refractivity contribution in [3.8, 4) is 6.07 Å². The molecule has 1 fully saturated rings. The third kappa shape index (κ3) is 2.58. The number of aromatic nitrogens is 4. The fraction of sp³-hybridized carbons (Fsp3) is 0.429. The highest BCUT2D eigenvalue weighted by Crippen LogP contribution is 2.34. The van der Waals surface area contributed by atoms with Crippen LogP contribution in [0.5, 0.6) is 0 Å². The number of ether oxygens (including phenoxy) is 1. The van der Waals surface area contributed by atoms with Crippen LogP contribution in [0.15, 0.2) is 18.5 Å². The minimum atomic E-state index is 0.0262. The quantitative estimate of drug-likeness (QED) is 0.914. The Morgan fingerprint density at radius 3 is 3.00 bits per heavy atom. The number of nitrogens with zero attached hydrogens (tertiary/aromatic N) is 5. The molecular weight excluding hydrogens is 268 g/mol. The molecule has 3 rings (SSSR count). The molecule has 2 atom stereocenters. The fourth-order valence-corrected chi connectivity index (χ4v) is 2.65. The molecule has 0 bridgehead atoms. The average molecular weight is 284 g/mol. The van der Waals surface area contributed by atoms with Gasteiger partial charge in [0.25, 0.3) is 0 Å². The van der Waals surface area contributed by atoms with Crippen molar-refractivity contribution in [3.63, 3.8) is 0 Å². The first-order valence-corrected chi connectivity index (χ1v) is 6.75. The number of H-pyrrole nitrogens is 1. The summed E-state index contributed by atoms with van der Waals surface area (Å²) in [6, 6.07) is 3.78. The molecule has 1 N–H and O–H groups in total. The number of hydrogen-bond acceptors (Lipinski definition) is 6. The van der Waals surface area contributed by atoms with E-state index in [1.54, 1.807) is 25.6 Å². The number of aryl methyl sites for hydroxylation is 1. The summed E-state index contributed by atoms with van der Waals surface area (Å²) >= 11 is 0. The Morgan fingerprint density at radius 2 is 2.33 bits per heavy atom. The monoisotopic (exact) mass is 284 g/mol. The molecule has 1 aliphatic rings. The van der Waals surface area contributed by atoms with E-state index >= 15 is 0 Å². The number of nitriles is 1. The Hall–Kier alpha value is -2.46. The number of nitrogens with one attached hydrogen (secondary N) is 1. The van der Waals surface area contributed by atoms with Gasteiger partial charge in [-0.3, -0.25) is 0 Å². The van der Waals surface area contributed by atoms with Crippen molar-refractivity contribution < 1.29 is 4.74 Å². The minimum Gasteiger partial charge on any atom is -0.380 e. The summed E-state index contributed by atoms with van der Waals surface area (Å²) in [7, 11) is 1.70. The molecule has 0 aliphatic carbocycles. The third-order valence-electron chi connectivity index (χ3n) is 3.64. The lowest BCUT2D eigenvalue weighted by atomic mass is 10.2. The SMILES string of the molecule is CO[C@@H]1CC(c2ncc[nH]2)N(c2nc(C)cc(C#N)n2)C1. The van der Waals surface area contributed by atoms with Crippen LogP contribution in [-0.4, -0.2) is 39.7 Å². The summed E-state index contributed by atoms with van der Waals surface area (Å²) in [6.07, 6.45) is 4.43. The number of hydrogen-bond donors (Lipinski definition) is 1. The van der Waals surface area contributed by atoms with Gasteiger partial charge in [0, 0.05) is 38.2 Å². The van der Waals surface area contributed by atoms with Gasteiger partial charge in [-0.15, -0.1) is 0 Å². The van der Waals surface area contributed by atoms with Crippen LogP contribution < -0.4 is 4.90 Å². The molecule has 1 saturated heterocycles. The molecule has 0 radical (unpaired) electrons. The second kappa shape index (κ2) is 5.50. The maximum Gasteiger partial charge on any atom is 0.227 e. The van der Waals surface area contributed by atoms with E-state index in [-0.39, 0.29) is 12.1 Å². The molecule has 7 nitrogen and oxygen atoms in total. The summed E-state index contributed by atoms with van der Waals surface area (Å²) in [4.78, 5) is 18.3. The predicted octanol–water partition coefficient (Wildman–Crippen LogP) is 1.35. The van der Waals surface area contributed by atoms with E-state index in [0.29, 0.717) is 18.2 Å². The number of anilines is 1. The van der Waals surface area contributed by atoms with Crippen molar-refractivity contribution in [2.75, 3.05) is 18.6 Å². The summed E-state index contributed by atoms with van der Waals surface area (Å²) < 4.78 is 5.47. The van der Waals surface area contributed by atoms with E-state index in [0.717, 1.165) is 17.9 Å². The third-order valence-corrected chi connectivity index (χ3v) is 3.64. The lowest BCUT2D eigenvalue weighted by Gasteiger charge is -2.23. The van der Waals surface area contributed by atoms with Crippen molar-refractivity contribution in [1.82, 2.24) is 19.9 Å². The summed E-state index contributed by atoms with van der Waals surface area (Å²) in [6.45, 7) is 2.54. The Morgan fingerprint density at radius 1 is 1.48 bits per heavy atom. The van der Waals surface area contributed by atoms with Crippen LogP contribution >= 0.6 is 0 Å². The normalized spacial score (nSPS) is 21.5. The Kier molecular flexibility index (Phi) is 3.54. The molecule has 2 aromatic rings. The first-order valence-electron chi connectivity index (χ1n) is 6.75. The van der Waals surface area contributed by atoms with E-state index < -0.39 is 0 Å². The number of rotatable bonds is 3. The number of methoxy groups -OCH3 is 1. The van der Waals surface area contributed by atoms with Crippen LogP contribution in [0.3, 0.4) is 0 Å². The van der Waals surface area contributed by atoms with Gasteiger partial charge in [0.1, 0.15) is 17.6 Å². The number of aromatic amines is 1. The topological polar surface area (TPSA) is 90.7 Å². The second-order valence-corrected chi connectivity index (χ2v) is 5.04. The maximum absolute atomic E-state index is 9.08. The molecule has 21 heavy (non-hydrogen) atoms. The van der Waals surface area contributed by atoms with Gasteiger partial charge in [0.15, 0.2) is 0 Å². The molecule has 7 heteroatoms. The van der Waals surface area contributed by atoms with Crippen molar-refractivity contribution in [2.24, 2.45) is 0 Å². The highest BCUT2D eigenvalue weighted by Gasteiger charge is 2.36. The van der Waals surface area contributed by atoms with Crippen LogP contribution in [0.25, 0.3) is 0 Å². The van der Waals surface area contributed by atoms with E-state index in [1.165, 1.54) is 0 Å². The van der Waals surface area contributed by atoms with Gasteiger partial charge in [-0.1, -0.05) is 0 Å². The van der Waals surface area contributed by atoms with E-state index in [9.17, 15) is 0 Å². The zero-order valence-corrected chi connectivity index (χ0v) is 11.9. The lowest BCUT2D eigenvalue weighted by Crippen LogP contribution is -2.27. The van der Waals surface area contributed by atoms with Gasteiger partial charge in [0.2, 0.25) is 5.95 Å². The van der Waals surface area contributed by atoms with Crippen molar-refractivity contribution in [3.05, 3.63) is 35.7 Å². The molecule has 0 saturated carbocycles. The summed E-state index contributed by atoms with van der Waals surface area (Å²) in [5.74, 6) is 1.41. The Balaban J connectivity index is 1.98. The largest absolute Gasteiger partial charge is 0.380 e. The van der Waals surface area contributed by atoms with Crippen molar-refractivity contribution in [2.45, 2.75) is 25.5 Å². The van der Waals surface area contributed by atoms with Crippen molar-refractivity contribution >= 4 is 5.95 Å². The standard InChI is InChI=1S/C14H16N6O/c1-9-5-10(7-15)19-14(18-9)20-8-11(21-2)6-12(20)13-16-3-4-17-13/h3-5,11-12H,6,8H2,1-2H3,(H,16,17)/t11-,12?/m1/s1. The highest BCUT2D eigenvalue weighted by molar-refractivity contribution is 5.40. The molecular formula is C14H16N6O.